The second-order valence-corrected chi connectivity index (χ2v) is 6.88. The molecule has 24 heavy (non-hydrogen) atoms. The number of aromatic hydroxyl groups is 1. The first kappa shape index (κ1) is 18.7. The molecule has 0 aliphatic heterocycles. The fourth-order valence-corrected chi connectivity index (χ4v) is 3.05. The van der Waals surface area contributed by atoms with E-state index in [1.54, 1.807) is 37.3 Å². The summed E-state index contributed by atoms with van der Waals surface area (Å²) in [6.45, 7) is 1.61. The molecule has 128 valence electrons. The monoisotopic (exact) mass is 386 g/mol. The minimum atomic E-state index is -1.28. The zero-order valence-electron chi connectivity index (χ0n) is 12.9. The summed E-state index contributed by atoms with van der Waals surface area (Å²) in [5.41, 5.74) is 5.99. The topological polar surface area (TPSA) is 78.5 Å². The molecule has 2 aromatic carbocycles. The van der Waals surface area contributed by atoms with Crippen LogP contribution in [0.3, 0.4) is 0 Å². The molecular formula is C17H17Cl3N2O2. The molecule has 4 nitrogen and oxygen atoms in total. The van der Waals surface area contributed by atoms with Crippen LogP contribution in [0, 0.1) is 0 Å². The summed E-state index contributed by atoms with van der Waals surface area (Å²) >= 11 is 17.9. The summed E-state index contributed by atoms with van der Waals surface area (Å²) < 4.78 is 0. The summed E-state index contributed by atoms with van der Waals surface area (Å²) in [5, 5.41) is 24.6. The summed E-state index contributed by atoms with van der Waals surface area (Å²) in [5.74, 6) is 0.0379. The average Bonchev–Trinajstić information content (AvgIpc) is 2.47. The Morgan fingerprint density at radius 3 is 2.46 bits per heavy atom. The minimum absolute atomic E-state index is 0.0379. The van der Waals surface area contributed by atoms with Crippen LogP contribution in [0.4, 0.5) is 5.69 Å². The van der Waals surface area contributed by atoms with Gasteiger partial charge in [0.15, 0.2) is 0 Å². The van der Waals surface area contributed by atoms with Crippen molar-refractivity contribution in [2.45, 2.75) is 18.9 Å². The molecule has 0 aromatic heterocycles. The molecule has 0 bridgehead atoms. The number of nitrogens with two attached hydrogens (primary N) is 1. The van der Waals surface area contributed by atoms with Crippen molar-refractivity contribution in [3.05, 3.63) is 68.9 Å². The highest BCUT2D eigenvalue weighted by molar-refractivity contribution is 6.35. The Bertz CT molecular complexity index is 776. The Kier molecular flexibility index (Phi) is 5.88. The molecule has 2 aromatic rings. The quantitative estimate of drug-likeness (QED) is 0.552. The zero-order valence-corrected chi connectivity index (χ0v) is 15.1. The number of phenols is 1. The normalized spacial score (nSPS) is 14.3. The molecule has 0 heterocycles. The van der Waals surface area contributed by atoms with Gasteiger partial charge in [0.1, 0.15) is 5.75 Å². The molecule has 0 fully saturated rings. The van der Waals surface area contributed by atoms with Gasteiger partial charge in [0.25, 0.3) is 0 Å². The highest BCUT2D eigenvalue weighted by Crippen LogP contribution is 2.34. The van der Waals surface area contributed by atoms with E-state index in [0.29, 0.717) is 32.0 Å². The van der Waals surface area contributed by atoms with Crippen molar-refractivity contribution in [2.24, 2.45) is 5.73 Å². The van der Waals surface area contributed by atoms with Crippen LogP contribution in [0.25, 0.3) is 0 Å². The van der Waals surface area contributed by atoms with Crippen LogP contribution >= 0.6 is 34.8 Å². The van der Waals surface area contributed by atoms with Crippen molar-refractivity contribution in [3.63, 3.8) is 0 Å². The lowest BCUT2D eigenvalue weighted by atomic mass is 9.91. The molecule has 7 heteroatoms. The molecule has 1 unspecified atom stereocenters. The molecule has 0 spiro atoms. The van der Waals surface area contributed by atoms with Crippen molar-refractivity contribution in [3.8, 4) is 5.75 Å². The summed E-state index contributed by atoms with van der Waals surface area (Å²) in [4.78, 5) is 0. The lowest BCUT2D eigenvalue weighted by Gasteiger charge is -2.25. The first-order chi connectivity index (χ1) is 11.2. The largest absolute Gasteiger partial charge is 0.506 e. The van der Waals surface area contributed by atoms with Gasteiger partial charge < -0.3 is 21.3 Å². The van der Waals surface area contributed by atoms with E-state index in [0.717, 1.165) is 0 Å². The van der Waals surface area contributed by atoms with E-state index in [9.17, 15) is 10.2 Å². The number of halogens is 3. The predicted molar refractivity (Wildman–Crippen MR) is 99.7 cm³/mol. The fraction of sp³-hybridized carbons (Fsp3) is 0.176. The lowest BCUT2D eigenvalue weighted by Crippen LogP contribution is -2.24. The number of hydrogen-bond acceptors (Lipinski definition) is 4. The third kappa shape index (κ3) is 4.71. The van der Waals surface area contributed by atoms with Crippen LogP contribution < -0.4 is 11.1 Å². The second-order valence-electron chi connectivity index (χ2n) is 5.60. The number of nitrogens with one attached hydrogen (secondary N) is 1. The van der Waals surface area contributed by atoms with E-state index in [4.69, 9.17) is 40.5 Å². The van der Waals surface area contributed by atoms with Gasteiger partial charge in [0.05, 0.1) is 11.3 Å². The van der Waals surface area contributed by atoms with Gasteiger partial charge in [-0.15, -0.1) is 0 Å². The van der Waals surface area contributed by atoms with Crippen LogP contribution in [0.2, 0.25) is 15.1 Å². The molecular weight excluding hydrogens is 371 g/mol. The Morgan fingerprint density at radius 1 is 1.17 bits per heavy atom. The molecule has 1 atom stereocenters. The highest BCUT2D eigenvalue weighted by Gasteiger charge is 2.26. The van der Waals surface area contributed by atoms with Crippen LogP contribution in [0.1, 0.15) is 18.9 Å². The van der Waals surface area contributed by atoms with Crippen molar-refractivity contribution in [2.75, 3.05) is 5.32 Å². The Labute approximate surface area is 155 Å². The molecule has 0 aliphatic carbocycles. The van der Waals surface area contributed by atoms with Crippen molar-refractivity contribution >= 4 is 40.5 Å². The Hall–Kier alpha value is -1.59. The maximum Gasteiger partial charge on any atom is 0.139 e. The van der Waals surface area contributed by atoms with E-state index in [2.05, 4.69) is 5.32 Å². The van der Waals surface area contributed by atoms with E-state index in [-0.39, 0.29) is 12.2 Å². The lowest BCUT2D eigenvalue weighted by molar-refractivity contribution is 0.0574. The standard InChI is InChI=1S/C17H17Cl3N2O2/c1-17(24,13-4-2-10(18)6-14(13)20)8-12(21)9-22-15-7-11(19)3-5-16(15)23/h2-7,9,22-24H,8,21H2,1H3/b12-9-. The molecule has 0 amide bonds. The molecule has 0 saturated heterocycles. The molecule has 5 N–H and O–H groups in total. The number of aliphatic hydroxyl groups is 1. The average molecular weight is 388 g/mol. The van der Waals surface area contributed by atoms with Gasteiger partial charge in [-0.05, 0) is 37.3 Å². The number of anilines is 1. The molecule has 0 saturated carbocycles. The van der Waals surface area contributed by atoms with Gasteiger partial charge in [-0.3, -0.25) is 0 Å². The minimum Gasteiger partial charge on any atom is -0.506 e. The van der Waals surface area contributed by atoms with Gasteiger partial charge in [0, 0.05) is 38.9 Å². The maximum absolute atomic E-state index is 10.7. The van der Waals surface area contributed by atoms with E-state index in [1.807, 2.05) is 0 Å². The van der Waals surface area contributed by atoms with Crippen LogP contribution in [-0.4, -0.2) is 10.2 Å². The van der Waals surface area contributed by atoms with Gasteiger partial charge in [-0.25, -0.2) is 0 Å². The van der Waals surface area contributed by atoms with E-state index >= 15 is 0 Å². The zero-order chi connectivity index (χ0) is 17.9. The maximum atomic E-state index is 10.7. The number of phenolic OH excluding ortho intramolecular Hbond substituents is 1. The number of hydrogen-bond donors (Lipinski definition) is 4. The highest BCUT2D eigenvalue weighted by atomic mass is 35.5. The third-order valence-corrected chi connectivity index (χ3v) is 4.21. The molecule has 0 radical (unpaired) electrons. The van der Waals surface area contributed by atoms with Gasteiger partial charge in [-0.2, -0.15) is 0 Å². The summed E-state index contributed by atoms with van der Waals surface area (Å²) in [7, 11) is 0. The Balaban J connectivity index is 2.15. The molecule has 2 rings (SSSR count). The predicted octanol–water partition coefficient (Wildman–Crippen LogP) is 4.86. The van der Waals surface area contributed by atoms with Crippen LogP contribution in [0.5, 0.6) is 5.75 Å². The van der Waals surface area contributed by atoms with Crippen molar-refractivity contribution < 1.29 is 10.2 Å². The third-order valence-electron chi connectivity index (χ3n) is 3.43. The summed E-state index contributed by atoms with van der Waals surface area (Å²) in [6.07, 6.45) is 1.62. The number of benzene rings is 2. The number of rotatable bonds is 5. The first-order valence-corrected chi connectivity index (χ1v) is 8.20. The van der Waals surface area contributed by atoms with Crippen LogP contribution in [-0.2, 0) is 5.60 Å². The van der Waals surface area contributed by atoms with Crippen LogP contribution in [0.15, 0.2) is 48.3 Å². The fourth-order valence-electron chi connectivity index (χ4n) is 2.26. The molecule has 0 aliphatic rings. The van der Waals surface area contributed by atoms with Crippen molar-refractivity contribution in [1.82, 2.24) is 0 Å². The second kappa shape index (κ2) is 7.53. The first-order valence-electron chi connectivity index (χ1n) is 7.06. The smallest absolute Gasteiger partial charge is 0.139 e. The van der Waals surface area contributed by atoms with E-state index in [1.165, 1.54) is 12.3 Å². The van der Waals surface area contributed by atoms with Gasteiger partial charge in [0.2, 0.25) is 0 Å². The summed E-state index contributed by atoms with van der Waals surface area (Å²) in [6, 6.07) is 9.48. The van der Waals surface area contributed by atoms with E-state index < -0.39 is 5.60 Å². The Morgan fingerprint density at radius 2 is 1.79 bits per heavy atom. The SMILES string of the molecule is CC(O)(C/C(N)=C/Nc1cc(Cl)ccc1O)c1ccc(Cl)cc1Cl. The van der Waals surface area contributed by atoms with Gasteiger partial charge >= 0.3 is 0 Å². The van der Waals surface area contributed by atoms with Gasteiger partial charge in [-0.1, -0.05) is 40.9 Å². The van der Waals surface area contributed by atoms with Crippen molar-refractivity contribution in [1.29, 1.82) is 0 Å².